The van der Waals surface area contributed by atoms with Gasteiger partial charge in [-0.1, -0.05) is 12.1 Å². The molecule has 1 heterocycles. The lowest BCUT2D eigenvalue weighted by atomic mass is 10.0. The van der Waals surface area contributed by atoms with Crippen LogP contribution in [0, 0.1) is 12.7 Å². The van der Waals surface area contributed by atoms with Gasteiger partial charge in [0.1, 0.15) is 11.9 Å². The summed E-state index contributed by atoms with van der Waals surface area (Å²) >= 11 is 0. The van der Waals surface area contributed by atoms with Crippen molar-refractivity contribution in [2.75, 3.05) is 7.11 Å². The Hall–Kier alpha value is -1.94. The fourth-order valence-corrected chi connectivity index (χ4v) is 1.70. The number of aromatic nitrogens is 1. The van der Waals surface area contributed by atoms with Crippen LogP contribution in [0.4, 0.5) is 4.39 Å². The maximum atomic E-state index is 13.2. The standard InChI is InChI=1S/C14H14FNO2/c1-9-7-10(3-5-12(9)15)14(17)11-4-6-13(18-2)16-8-11/h3-8,14,17H,1-2H3. The molecule has 0 saturated carbocycles. The predicted molar refractivity (Wildman–Crippen MR) is 66.0 cm³/mol. The van der Waals surface area contributed by atoms with Crippen molar-refractivity contribution in [2.24, 2.45) is 0 Å². The summed E-state index contributed by atoms with van der Waals surface area (Å²) in [5.41, 5.74) is 1.79. The highest BCUT2D eigenvalue weighted by atomic mass is 19.1. The highest BCUT2D eigenvalue weighted by molar-refractivity contribution is 5.32. The monoisotopic (exact) mass is 247 g/mol. The van der Waals surface area contributed by atoms with E-state index >= 15 is 0 Å². The van der Waals surface area contributed by atoms with Gasteiger partial charge in [0.15, 0.2) is 0 Å². The summed E-state index contributed by atoms with van der Waals surface area (Å²) in [5.74, 6) is 0.208. The summed E-state index contributed by atoms with van der Waals surface area (Å²) in [6, 6.07) is 7.95. The van der Waals surface area contributed by atoms with E-state index in [2.05, 4.69) is 4.98 Å². The van der Waals surface area contributed by atoms with E-state index in [0.29, 0.717) is 22.6 Å². The van der Waals surface area contributed by atoms with Gasteiger partial charge in [-0.05, 0) is 30.2 Å². The molecule has 94 valence electrons. The van der Waals surface area contributed by atoms with Crippen molar-refractivity contribution >= 4 is 0 Å². The third-order valence-corrected chi connectivity index (χ3v) is 2.78. The van der Waals surface area contributed by atoms with E-state index in [0.717, 1.165) is 0 Å². The highest BCUT2D eigenvalue weighted by Crippen LogP contribution is 2.23. The first-order valence-electron chi connectivity index (χ1n) is 5.56. The Balaban J connectivity index is 2.28. The number of hydrogen-bond acceptors (Lipinski definition) is 3. The summed E-state index contributed by atoms with van der Waals surface area (Å²) in [4.78, 5) is 4.03. The van der Waals surface area contributed by atoms with Gasteiger partial charge < -0.3 is 9.84 Å². The number of ether oxygens (including phenoxy) is 1. The van der Waals surface area contributed by atoms with Crippen molar-refractivity contribution in [1.29, 1.82) is 0 Å². The Morgan fingerprint density at radius 3 is 2.50 bits per heavy atom. The number of pyridine rings is 1. The Bertz CT molecular complexity index is 540. The topological polar surface area (TPSA) is 42.4 Å². The number of halogens is 1. The number of rotatable bonds is 3. The molecule has 0 aliphatic heterocycles. The van der Waals surface area contributed by atoms with Crippen LogP contribution in [0.25, 0.3) is 0 Å². The molecule has 2 aromatic rings. The molecule has 3 nitrogen and oxygen atoms in total. The van der Waals surface area contributed by atoms with E-state index < -0.39 is 6.10 Å². The lowest BCUT2D eigenvalue weighted by Crippen LogP contribution is -2.01. The zero-order chi connectivity index (χ0) is 13.1. The first-order valence-corrected chi connectivity index (χ1v) is 5.56. The van der Waals surface area contributed by atoms with Gasteiger partial charge in [0.2, 0.25) is 5.88 Å². The molecule has 1 N–H and O–H groups in total. The van der Waals surface area contributed by atoms with Crippen molar-refractivity contribution in [1.82, 2.24) is 4.98 Å². The van der Waals surface area contributed by atoms with E-state index in [1.54, 1.807) is 37.4 Å². The number of aryl methyl sites for hydroxylation is 1. The highest BCUT2D eigenvalue weighted by Gasteiger charge is 2.12. The smallest absolute Gasteiger partial charge is 0.212 e. The molecule has 1 unspecified atom stereocenters. The van der Waals surface area contributed by atoms with E-state index in [4.69, 9.17) is 4.74 Å². The fraction of sp³-hybridized carbons (Fsp3) is 0.214. The lowest BCUT2D eigenvalue weighted by Gasteiger charge is -2.12. The molecule has 1 atom stereocenters. The molecule has 0 spiro atoms. The van der Waals surface area contributed by atoms with Crippen LogP contribution in [0.2, 0.25) is 0 Å². The van der Waals surface area contributed by atoms with Gasteiger partial charge in [-0.3, -0.25) is 0 Å². The van der Waals surface area contributed by atoms with Gasteiger partial charge >= 0.3 is 0 Å². The minimum absolute atomic E-state index is 0.279. The molecule has 0 saturated heterocycles. The second-order valence-corrected chi connectivity index (χ2v) is 4.05. The fourth-order valence-electron chi connectivity index (χ4n) is 1.70. The van der Waals surface area contributed by atoms with E-state index in [9.17, 15) is 9.50 Å². The summed E-state index contributed by atoms with van der Waals surface area (Å²) in [5, 5.41) is 10.2. The lowest BCUT2D eigenvalue weighted by molar-refractivity contribution is 0.219. The Labute approximate surface area is 105 Å². The van der Waals surface area contributed by atoms with Gasteiger partial charge in [-0.2, -0.15) is 0 Å². The predicted octanol–water partition coefficient (Wildman–Crippen LogP) is 2.62. The molecular formula is C14H14FNO2. The van der Waals surface area contributed by atoms with Crippen molar-refractivity contribution in [3.63, 3.8) is 0 Å². The van der Waals surface area contributed by atoms with Crippen molar-refractivity contribution < 1.29 is 14.2 Å². The third-order valence-electron chi connectivity index (χ3n) is 2.78. The van der Waals surface area contributed by atoms with Crippen LogP contribution in [0.15, 0.2) is 36.5 Å². The maximum Gasteiger partial charge on any atom is 0.212 e. The summed E-state index contributed by atoms with van der Waals surface area (Å²) in [6.45, 7) is 1.66. The van der Waals surface area contributed by atoms with Crippen molar-refractivity contribution in [2.45, 2.75) is 13.0 Å². The zero-order valence-electron chi connectivity index (χ0n) is 10.2. The summed E-state index contributed by atoms with van der Waals surface area (Å²) in [6.07, 6.45) is 0.727. The van der Waals surface area contributed by atoms with Gasteiger partial charge in [-0.15, -0.1) is 0 Å². The molecular weight excluding hydrogens is 233 g/mol. The van der Waals surface area contributed by atoms with Crippen molar-refractivity contribution in [3.8, 4) is 5.88 Å². The maximum absolute atomic E-state index is 13.2. The van der Waals surface area contributed by atoms with Crippen LogP contribution < -0.4 is 4.74 Å². The van der Waals surface area contributed by atoms with E-state index in [-0.39, 0.29) is 5.82 Å². The first-order chi connectivity index (χ1) is 8.61. The average Bonchev–Trinajstić information content (AvgIpc) is 2.41. The second-order valence-electron chi connectivity index (χ2n) is 4.05. The SMILES string of the molecule is COc1ccc(C(O)c2ccc(F)c(C)c2)cn1. The summed E-state index contributed by atoms with van der Waals surface area (Å²) < 4.78 is 18.1. The van der Waals surface area contributed by atoms with E-state index in [1.807, 2.05) is 0 Å². The Morgan fingerprint density at radius 1 is 1.22 bits per heavy atom. The van der Waals surface area contributed by atoms with Crippen LogP contribution in [0.1, 0.15) is 22.8 Å². The molecule has 0 amide bonds. The molecule has 1 aromatic carbocycles. The number of hydrogen-bond donors (Lipinski definition) is 1. The molecule has 18 heavy (non-hydrogen) atoms. The van der Waals surface area contributed by atoms with Gasteiger partial charge in [0.25, 0.3) is 0 Å². The van der Waals surface area contributed by atoms with Crippen LogP contribution in [0.5, 0.6) is 5.88 Å². The third kappa shape index (κ3) is 2.49. The van der Waals surface area contributed by atoms with Gasteiger partial charge in [0, 0.05) is 17.8 Å². The number of aliphatic hydroxyl groups excluding tert-OH is 1. The average molecular weight is 247 g/mol. The molecule has 4 heteroatoms. The first kappa shape index (κ1) is 12.5. The van der Waals surface area contributed by atoms with Crippen LogP contribution in [-0.4, -0.2) is 17.2 Å². The zero-order valence-corrected chi connectivity index (χ0v) is 10.2. The van der Waals surface area contributed by atoms with Gasteiger partial charge in [0.05, 0.1) is 7.11 Å². The number of methoxy groups -OCH3 is 1. The summed E-state index contributed by atoms with van der Waals surface area (Å²) in [7, 11) is 1.53. The minimum Gasteiger partial charge on any atom is -0.481 e. The molecule has 0 bridgehead atoms. The quantitative estimate of drug-likeness (QED) is 0.906. The molecule has 0 aliphatic rings. The van der Waals surface area contributed by atoms with Crippen molar-refractivity contribution in [3.05, 3.63) is 59.0 Å². The Morgan fingerprint density at radius 2 is 1.94 bits per heavy atom. The van der Waals surface area contributed by atoms with Gasteiger partial charge in [-0.25, -0.2) is 9.37 Å². The molecule has 1 aromatic heterocycles. The second kappa shape index (κ2) is 5.14. The molecule has 0 fully saturated rings. The molecule has 2 rings (SSSR count). The van der Waals surface area contributed by atoms with Crippen LogP contribution in [-0.2, 0) is 0 Å². The molecule has 0 radical (unpaired) electrons. The Kier molecular flexibility index (Phi) is 3.58. The minimum atomic E-state index is -0.817. The van der Waals surface area contributed by atoms with Crippen LogP contribution >= 0.6 is 0 Å². The number of aliphatic hydroxyl groups is 1. The largest absolute Gasteiger partial charge is 0.481 e. The number of benzene rings is 1. The number of nitrogens with zero attached hydrogens (tertiary/aromatic N) is 1. The van der Waals surface area contributed by atoms with E-state index in [1.165, 1.54) is 13.2 Å². The van der Waals surface area contributed by atoms with Crippen LogP contribution in [0.3, 0.4) is 0 Å². The normalized spacial score (nSPS) is 12.2. The molecule has 0 aliphatic carbocycles.